The summed E-state index contributed by atoms with van der Waals surface area (Å²) in [5.74, 6) is -1.04. The number of hydrogen-bond donors (Lipinski definition) is 3. The number of hydrazine groups is 1. The van der Waals surface area contributed by atoms with Crippen molar-refractivity contribution in [2.75, 3.05) is 21.3 Å². The molecule has 0 spiro atoms. The molecule has 0 radical (unpaired) electrons. The van der Waals surface area contributed by atoms with E-state index in [4.69, 9.17) is 14.2 Å². The average Bonchev–Trinajstić information content (AvgIpc) is 3.18. The number of hydrogen-bond acceptors (Lipinski definition) is 7. The molecule has 0 bridgehead atoms. The average molecular weight is 412 g/mol. The van der Waals surface area contributed by atoms with Gasteiger partial charge in [0.15, 0.2) is 22.9 Å². The molecule has 2 aromatic carbocycles. The molecule has 0 aliphatic carbocycles. The van der Waals surface area contributed by atoms with Crippen LogP contribution in [0.1, 0.15) is 20.8 Å². The predicted octanol–water partition coefficient (Wildman–Crippen LogP) is 1.68. The fourth-order valence-electron chi connectivity index (χ4n) is 2.76. The fourth-order valence-corrected chi connectivity index (χ4v) is 2.76. The minimum Gasteiger partial charge on any atom is -0.504 e. The lowest BCUT2D eigenvalue weighted by Gasteiger charge is -2.15. The monoisotopic (exact) mass is 412 g/mol. The van der Waals surface area contributed by atoms with Crippen molar-refractivity contribution in [3.8, 4) is 28.7 Å². The number of aromatic nitrogens is 2. The number of amides is 2. The zero-order chi connectivity index (χ0) is 21.7. The first-order valence-electron chi connectivity index (χ1n) is 8.73. The molecule has 0 aliphatic heterocycles. The summed E-state index contributed by atoms with van der Waals surface area (Å²) in [5.41, 5.74) is 4.99. The smallest absolute Gasteiger partial charge is 0.294 e. The van der Waals surface area contributed by atoms with Crippen LogP contribution in [0.3, 0.4) is 0 Å². The van der Waals surface area contributed by atoms with Gasteiger partial charge < -0.3 is 19.3 Å². The SMILES string of the molecule is COc1ccc(C(=O)NNC(=O)c2nn(-c3ccccc3)cc2O)c(OC)c1OC. The number of rotatable bonds is 6. The van der Waals surface area contributed by atoms with Crippen LogP contribution in [0.5, 0.6) is 23.0 Å². The summed E-state index contributed by atoms with van der Waals surface area (Å²) in [6.45, 7) is 0. The second-order valence-corrected chi connectivity index (χ2v) is 5.93. The molecule has 1 aromatic heterocycles. The normalized spacial score (nSPS) is 10.2. The van der Waals surface area contributed by atoms with Gasteiger partial charge >= 0.3 is 0 Å². The molecule has 0 fully saturated rings. The number of aromatic hydroxyl groups is 1. The highest BCUT2D eigenvalue weighted by molar-refractivity contribution is 6.01. The summed E-state index contributed by atoms with van der Waals surface area (Å²) in [6, 6.07) is 11.9. The van der Waals surface area contributed by atoms with Crippen molar-refractivity contribution < 1.29 is 28.9 Å². The number of methoxy groups -OCH3 is 3. The molecule has 3 N–H and O–H groups in total. The first kappa shape index (κ1) is 20.5. The van der Waals surface area contributed by atoms with Crippen molar-refractivity contribution in [3.63, 3.8) is 0 Å². The number of carbonyl (C=O) groups excluding carboxylic acids is 2. The molecule has 3 aromatic rings. The molecular weight excluding hydrogens is 392 g/mol. The Balaban J connectivity index is 1.76. The van der Waals surface area contributed by atoms with Gasteiger partial charge in [-0.25, -0.2) is 4.68 Å². The van der Waals surface area contributed by atoms with Gasteiger partial charge in [0.2, 0.25) is 5.75 Å². The summed E-state index contributed by atoms with van der Waals surface area (Å²) in [7, 11) is 4.24. The van der Waals surface area contributed by atoms with Crippen molar-refractivity contribution in [2.45, 2.75) is 0 Å². The third-order valence-electron chi connectivity index (χ3n) is 4.17. The Morgan fingerprint density at radius 3 is 2.20 bits per heavy atom. The maximum absolute atomic E-state index is 12.5. The summed E-state index contributed by atoms with van der Waals surface area (Å²) in [6.07, 6.45) is 1.30. The van der Waals surface area contributed by atoms with Gasteiger partial charge in [0, 0.05) is 0 Å². The number of nitrogens with one attached hydrogen (secondary N) is 2. The van der Waals surface area contributed by atoms with Gasteiger partial charge in [0.05, 0.1) is 38.8 Å². The van der Waals surface area contributed by atoms with Crippen LogP contribution in [-0.4, -0.2) is 48.0 Å². The van der Waals surface area contributed by atoms with E-state index >= 15 is 0 Å². The number of carbonyl (C=O) groups is 2. The second-order valence-electron chi connectivity index (χ2n) is 5.93. The lowest BCUT2D eigenvalue weighted by Crippen LogP contribution is -2.42. The van der Waals surface area contributed by atoms with E-state index < -0.39 is 11.8 Å². The molecular formula is C20H20N4O6. The molecule has 10 heteroatoms. The molecule has 0 atom stereocenters. The molecule has 3 rings (SSSR count). The minimum atomic E-state index is -0.796. The Bertz CT molecular complexity index is 1060. The highest BCUT2D eigenvalue weighted by atomic mass is 16.5. The zero-order valence-electron chi connectivity index (χ0n) is 16.5. The molecule has 1 heterocycles. The van der Waals surface area contributed by atoms with Crippen LogP contribution in [0.15, 0.2) is 48.7 Å². The van der Waals surface area contributed by atoms with Gasteiger partial charge in [0.1, 0.15) is 0 Å². The van der Waals surface area contributed by atoms with Crippen molar-refractivity contribution in [3.05, 3.63) is 59.9 Å². The van der Waals surface area contributed by atoms with Crippen LogP contribution in [0, 0.1) is 0 Å². The third-order valence-corrected chi connectivity index (χ3v) is 4.17. The quantitative estimate of drug-likeness (QED) is 0.526. The van der Waals surface area contributed by atoms with E-state index in [0.717, 1.165) is 0 Å². The predicted molar refractivity (Wildman–Crippen MR) is 106 cm³/mol. The van der Waals surface area contributed by atoms with Crippen LogP contribution in [0.2, 0.25) is 0 Å². The van der Waals surface area contributed by atoms with Gasteiger partial charge in [-0.3, -0.25) is 20.4 Å². The van der Waals surface area contributed by atoms with Gasteiger partial charge in [-0.05, 0) is 24.3 Å². The topological polar surface area (TPSA) is 124 Å². The van der Waals surface area contributed by atoms with E-state index in [1.807, 2.05) is 6.07 Å². The van der Waals surface area contributed by atoms with Crippen molar-refractivity contribution in [1.82, 2.24) is 20.6 Å². The summed E-state index contributed by atoms with van der Waals surface area (Å²) in [5, 5.41) is 14.1. The molecule has 156 valence electrons. The third kappa shape index (κ3) is 3.97. The lowest BCUT2D eigenvalue weighted by molar-refractivity contribution is 0.0840. The van der Waals surface area contributed by atoms with Crippen molar-refractivity contribution >= 4 is 11.8 Å². The minimum absolute atomic E-state index is 0.106. The van der Waals surface area contributed by atoms with Gasteiger partial charge in [-0.2, -0.15) is 5.10 Å². The van der Waals surface area contributed by atoms with E-state index in [-0.39, 0.29) is 28.5 Å². The Kier molecular flexibility index (Phi) is 6.06. The number of para-hydroxylation sites is 1. The van der Waals surface area contributed by atoms with Gasteiger partial charge in [-0.1, -0.05) is 18.2 Å². The van der Waals surface area contributed by atoms with Gasteiger partial charge in [0.25, 0.3) is 11.8 Å². The first-order chi connectivity index (χ1) is 14.5. The van der Waals surface area contributed by atoms with E-state index in [2.05, 4.69) is 16.0 Å². The fraction of sp³-hybridized carbons (Fsp3) is 0.150. The van der Waals surface area contributed by atoms with E-state index in [1.54, 1.807) is 24.3 Å². The van der Waals surface area contributed by atoms with Gasteiger partial charge in [-0.15, -0.1) is 0 Å². The number of nitrogens with zero attached hydrogens (tertiary/aromatic N) is 2. The molecule has 10 nitrogen and oxygen atoms in total. The van der Waals surface area contributed by atoms with E-state index in [1.165, 1.54) is 44.3 Å². The highest BCUT2D eigenvalue weighted by Crippen LogP contribution is 2.39. The van der Waals surface area contributed by atoms with E-state index in [0.29, 0.717) is 11.4 Å². The Labute approximate surface area is 172 Å². The molecule has 2 amide bonds. The molecule has 0 unspecified atom stereocenters. The number of benzene rings is 2. The largest absolute Gasteiger partial charge is 0.504 e. The Hall–Kier alpha value is -4.21. The van der Waals surface area contributed by atoms with Crippen LogP contribution < -0.4 is 25.1 Å². The number of ether oxygens (including phenoxy) is 3. The molecule has 0 saturated carbocycles. The standard InChI is InChI=1S/C20H20N4O6/c1-28-15-10-9-13(17(29-2)18(15)30-3)19(26)21-22-20(27)16-14(25)11-24(23-16)12-7-5-4-6-8-12/h4-11,25H,1-3H3,(H,21,26)(H,22,27). The Morgan fingerprint density at radius 2 is 1.57 bits per heavy atom. The van der Waals surface area contributed by atoms with Crippen LogP contribution in [-0.2, 0) is 0 Å². The second kappa shape index (κ2) is 8.86. The van der Waals surface area contributed by atoms with Crippen molar-refractivity contribution in [2.24, 2.45) is 0 Å². The lowest BCUT2D eigenvalue weighted by atomic mass is 10.1. The Morgan fingerprint density at radius 1 is 0.900 bits per heavy atom. The van der Waals surface area contributed by atoms with Crippen LogP contribution in [0.4, 0.5) is 0 Å². The molecule has 0 saturated heterocycles. The van der Waals surface area contributed by atoms with Crippen LogP contribution in [0.25, 0.3) is 5.69 Å². The summed E-state index contributed by atoms with van der Waals surface area (Å²) >= 11 is 0. The first-order valence-corrected chi connectivity index (χ1v) is 8.73. The highest BCUT2D eigenvalue weighted by Gasteiger charge is 2.22. The maximum Gasteiger partial charge on any atom is 0.294 e. The zero-order valence-corrected chi connectivity index (χ0v) is 16.5. The summed E-state index contributed by atoms with van der Waals surface area (Å²) in [4.78, 5) is 24.9. The molecule has 0 aliphatic rings. The maximum atomic E-state index is 12.5. The molecule has 30 heavy (non-hydrogen) atoms. The summed E-state index contributed by atoms with van der Waals surface area (Å²) < 4.78 is 17.0. The van der Waals surface area contributed by atoms with Crippen molar-refractivity contribution in [1.29, 1.82) is 0 Å². The van der Waals surface area contributed by atoms with E-state index in [9.17, 15) is 14.7 Å². The van der Waals surface area contributed by atoms with Crippen LogP contribution >= 0.6 is 0 Å².